The van der Waals surface area contributed by atoms with E-state index in [-0.39, 0.29) is 0 Å². The molecule has 0 saturated carbocycles. The zero-order valence-corrected chi connectivity index (χ0v) is 8.70. The number of nitrogens with zero attached hydrogens (tertiary/aromatic N) is 3. The Hall–Kier alpha value is -0.900. The standard InChI is InChI=1S/C10H17N3O/c1-9-11-12-10(14-9)8-13-6-4-2-3-5-7-13/h2-8H2,1H3. The lowest BCUT2D eigenvalue weighted by molar-refractivity contribution is 0.246. The molecule has 14 heavy (non-hydrogen) atoms. The van der Waals surface area contributed by atoms with Gasteiger partial charge in [0.25, 0.3) is 0 Å². The Balaban J connectivity index is 1.89. The van der Waals surface area contributed by atoms with Crippen molar-refractivity contribution in [3.8, 4) is 0 Å². The van der Waals surface area contributed by atoms with Gasteiger partial charge < -0.3 is 4.42 Å². The lowest BCUT2D eigenvalue weighted by atomic mass is 10.2. The first kappa shape index (κ1) is 9.65. The highest BCUT2D eigenvalue weighted by Crippen LogP contribution is 2.12. The molecule has 0 aliphatic carbocycles. The average Bonchev–Trinajstić information content (AvgIpc) is 2.43. The van der Waals surface area contributed by atoms with Crippen LogP contribution in [0.4, 0.5) is 0 Å². The van der Waals surface area contributed by atoms with Crippen LogP contribution < -0.4 is 0 Å². The second kappa shape index (κ2) is 4.55. The molecule has 4 heteroatoms. The summed E-state index contributed by atoms with van der Waals surface area (Å²) in [6.45, 7) is 4.99. The van der Waals surface area contributed by atoms with Gasteiger partial charge in [0.1, 0.15) is 0 Å². The molecule has 1 aliphatic heterocycles. The second-order valence-electron chi connectivity index (χ2n) is 3.91. The summed E-state index contributed by atoms with van der Waals surface area (Å²) in [5.74, 6) is 1.42. The largest absolute Gasteiger partial charge is 0.424 e. The first-order valence-electron chi connectivity index (χ1n) is 5.36. The van der Waals surface area contributed by atoms with Crippen LogP contribution in [-0.2, 0) is 6.54 Å². The fraction of sp³-hybridized carbons (Fsp3) is 0.800. The Morgan fingerprint density at radius 3 is 2.43 bits per heavy atom. The number of aromatic nitrogens is 2. The molecule has 0 unspecified atom stereocenters. The molecule has 2 rings (SSSR count). The maximum Gasteiger partial charge on any atom is 0.230 e. The molecular formula is C10H17N3O. The minimum absolute atomic E-state index is 0.662. The smallest absolute Gasteiger partial charge is 0.230 e. The summed E-state index contributed by atoms with van der Waals surface area (Å²) in [4.78, 5) is 2.40. The third-order valence-electron chi connectivity index (χ3n) is 2.63. The van der Waals surface area contributed by atoms with Gasteiger partial charge >= 0.3 is 0 Å². The van der Waals surface area contributed by atoms with Crippen molar-refractivity contribution < 1.29 is 4.42 Å². The topological polar surface area (TPSA) is 42.2 Å². The summed E-state index contributed by atoms with van der Waals surface area (Å²) in [6, 6.07) is 0. The Bertz CT molecular complexity index is 277. The zero-order valence-electron chi connectivity index (χ0n) is 8.70. The van der Waals surface area contributed by atoms with Crippen molar-refractivity contribution >= 4 is 0 Å². The highest BCUT2D eigenvalue weighted by molar-refractivity contribution is 4.79. The van der Waals surface area contributed by atoms with Crippen molar-refractivity contribution in [3.05, 3.63) is 11.8 Å². The van der Waals surface area contributed by atoms with E-state index in [9.17, 15) is 0 Å². The predicted molar refractivity (Wildman–Crippen MR) is 52.8 cm³/mol. The number of likely N-dealkylation sites (tertiary alicyclic amines) is 1. The maximum atomic E-state index is 5.36. The van der Waals surface area contributed by atoms with Gasteiger partial charge in [0, 0.05) is 6.92 Å². The Morgan fingerprint density at radius 1 is 1.14 bits per heavy atom. The van der Waals surface area contributed by atoms with E-state index >= 15 is 0 Å². The SMILES string of the molecule is Cc1nnc(CN2CCCCCC2)o1. The number of hydrogen-bond acceptors (Lipinski definition) is 4. The monoisotopic (exact) mass is 195 g/mol. The van der Waals surface area contributed by atoms with E-state index in [2.05, 4.69) is 15.1 Å². The van der Waals surface area contributed by atoms with Crippen LogP contribution in [0.25, 0.3) is 0 Å². The molecule has 1 aromatic rings. The quantitative estimate of drug-likeness (QED) is 0.721. The van der Waals surface area contributed by atoms with Crippen LogP contribution in [-0.4, -0.2) is 28.2 Å². The van der Waals surface area contributed by atoms with Crippen LogP contribution in [0.5, 0.6) is 0 Å². The Kier molecular flexibility index (Phi) is 3.14. The van der Waals surface area contributed by atoms with Gasteiger partial charge in [0.15, 0.2) is 0 Å². The zero-order chi connectivity index (χ0) is 9.80. The van der Waals surface area contributed by atoms with Crippen molar-refractivity contribution in [2.45, 2.75) is 39.2 Å². The summed E-state index contributed by atoms with van der Waals surface area (Å²) in [7, 11) is 0. The third-order valence-corrected chi connectivity index (χ3v) is 2.63. The summed E-state index contributed by atoms with van der Waals surface area (Å²) < 4.78 is 5.36. The fourth-order valence-electron chi connectivity index (χ4n) is 1.89. The van der Waals surface area contributed by atoms with Gasteiger partial charge in [-0.05, 0) is 25.9 Å². The molecule has 0 aromatic carbocycles. The van der Waals surface area contributed by atoms with E-state index in [4.69, 9.17) is 4.42 Å². The highest BCUT2D eigenvalue weighted by Gasteiger charge is 2.12. The van der Waals surface area contributed by atoms with Crippen molar-refractivity contribution in [2.75, 3.05) is 13.1 Å². The van der Waals surface area contributed by atoms with Crippen molar-refractivity contribution in [1.29, 1.82) is 0 Å². The molecule has 1 aliphatic rings. The molecule has 0 bridgehead atoms. The first-order chi connectivity index (χ1) is 6.84. The molecule has 0 radical (unpaired) electrons. The van der Waals surface area contributed by atoms with Crippen LogP contribution in [0.2, 0.25) is 0 Å². The normalized spacial score (nSPS) is 19.5. The molecule has 78 valence electrons. The second-order valence-corrected chi connectivity index (χ2v) is 3.91. The van der Waals surface area contributed by atoms with Gasteiger partial charge in [-0.25, -0.2) is 0 Å². The molecule has 4 nitrogen and oxygen atoms in total. The van der Waals surface area contributed by atoms with E-state index in [1.54, 1.807) is 0 Å². The average molecular weight is 195 g/mol. The third kappa shape index (κ3) is 2.54. The van der Waals surface area contributed by atoms with Crippen LogP contribution in [0.1, 0.15) is 37.5 Å². The Morgan fingerprint density at radius 2 is 1.86 bits per heavy atom. The number of aryl methyl sites for hydroxylation is 1. The van der Waals surface area contributed by atoms with Gasteiger partial charge in [-0.2, -0.15) is 0 Å². The van der Waals surface area contributed by atoms with E-state index in [0.29, 0.717) is 5.89 Å². The van der Waals surface area contributed by atoms with Gasteiger partial charge in [0.2, 0.25) is 11.8 Å². The van der Waals surface area contributed by atoms with Crippen molar-refractivity contribution in [2.24, 2.45) is 0 Å². The van der Waals surface area contributed by atoms with E-state index in [1.165, 1.54) is 38.8 Å². The van der Waals surface area contributed by atoms with Gasteiger partial charge in [-0.1, -0.05) is 12.8 Å². The molecule has 0 atom stereocenters. The maximum absolute atomic E-state index is 5.36. The van der Waals surface area contributed by atoms with Gasteiger partial charge in [0.05, 0.1) is 6.54 Å². The minimum Gasteiger partial charge on any atom is -0.424 e. The highest BCUT2D eigenvalue weighted by atomic mass is 16.4. The van der Waals surface area contributed by atoms with Crippen molar-refractivity contribution in [3.63, 3.8) is 0 Å². The summed E-state index contributed by atoms with van der Waals surface area (Å²) >= 11 is 0. The summed E-state index contributed by atoms with van der Waals surface area (Å²) in [6.07, 6.45) is 5.32. The lowest BCUT2D eigenvalue weighted by Crippen LogP contribution is -2.24. The first-order valence-corrected chi connectivity index (χ1v) is 5.36. The van der Waals surface area contributed by atoms with Crippen LogP contribution in [0.15, 0.2) is 4.42 Å². The molecule has 0 N–H and O–H groups in total. The minimum atomic E-state index is 0.662. The fourth-order valence-corrected chi connectivity index (χ4v) is 1.89. The van der Waals surface area contributed by atoms with Crippen LogP contribution in [0.3, 0.4) is 0 Å². The van der Waals surface area contributed by atoms with Gasteiger partial charge in [-0.15, -0.1) is 10.2 Å². The van der Waals surface area contributed by atoms with Gasteiger partial charge in [-0.3, -0.25) is 4.90 Å². The van der Waals surface area contributed by atoms with Crippen LogP contribution in [0, 0.1) is 6.92 Å². The van der Waals surface area contributed by atoms with Crippen molar-refractivity contribution in [1.82, 2.24) is 15.1 Å². The summed E-state index contributed by atoms with van der Waals surface area (Å²) in [5, 5.41) is 7.84. The lowest BCUT2D eigenvalue weighted by Gasteiger charge is -2.16. The molecule has 1 fully saturated rings. The molecule has 2 heterocycles. The number of hydrogen-bond donors (Lipinski definition) is 0. The molecule has 0 amide bonds. The predicted octanol–water partition coefficient (Wildman–Crippen LogP) is 1.75. The molecule has 1 saturated heterocycles. The van der Waals surface area contributed by atoms with E-state index in [1.807, 2.05) is 6.92 Å². The Labute approximate surface area is 84.3 Å². The summed E-state index contributed by atoms with van der Waals surface area (Å²) in [5.41, 5.74) is 0. The number of rotatable bonds is 2. The molecule has 0 spiro atoms. The van der Waals surface area contributed by atoms with E-state index < -0.39 is 0 Å². The molecular weight excluding hydrogens is 178 g/mol. The molecule has 1 aromatic heterocycles. The van der Waals surface area contributed by atoms with Crippen LogP contribution >= 0.6 is 0 Å². The van der Waals surface area contributed by atoms with E-state index in [0.717, 1.165) is 12.4 Å².